The summed E-state index contributed by atoms with van der Waals surface area (Å²) in [6, 6.07) is 7.09. The molecule has 0 radical (unpaired) electrons. The van der Waals surface area contributed by atoms with Gasteiger partial charge in [-0.1, -0.05) is 0 Å². The minimum absolute atomic E-state index is 0.0177. The summed E-state index contributed by atoms with van der Waals surface area (Å²) in [4.78, 5) is 24.8. The summed E-state index contributed by atoms with van der Waals surface area (Å²) in [5.41, 5.74) is 3.11. The normalized spacial score (nSPS) is 12.8. The maximum atomic E-state index is 12.3. The van der Waals surface area contributed by atoms with Crippen molar-refractivity contribution in [3.8, 4) is 0 Å². The zero-order chi connectivity index (χ0) is 18.7. The molecule has 0 aliphatic heterocycles. The average Bonchev–Trinajstić information content (AvgIpc) is 2.99. The molecular formula is C19H20N2O3S2. The first kappa shape index (κ1) is 18.5. The molecule has 0 bridgehead atoms. The number of nitrogens with one attached hydrogen (secondary N) is 2. The fourth-order valence-electron chi connectivity index (χ4n) is 3.03. The zero-order valence-corrected chi connectivity index (χ0v) is 16.3. The van der Waals surface area contributed by atoms with Crippen molar-refractivity contribution in [2.24, 2.45) is 0 Å². The van der Waals surface area contributed by atoms with Gasteiger partial charge in [0.15, 0.2) is 10.9 Å². The first-order valence-electron chi connectivity index (χ1n) is 8.41. The van der Waals surface area contributed by atoms with Crippen LogP contribution in [0.3, 0.4) is 0 Å². The number of ether oxygens (including phenoxy) is 1. The molecule has 0 spiro atoms. The molecule has 1 heterocycles. The summed E-state index contributed by atoms with van der Waals surface area (Å²) in [5.74, 6) is -0.315. The number of rotatable bonds is 4. The van der Waals surface area contributed by atoms with E-state index in [4.69, 9.17) is 17.0 Å². The molecule has 2 N–H and O–H groups in total. The Balaban J connectivity index is 1.77. The third kappa shape index (κ3) is 3.94. The number of carbonyl (C=O) groups is 2. The lowest BCUT2D eigenvalue weighted by Gasteiger charge is -2.12. The maximum absolute atomic E-state index is 12.3. The fourth-order valence-corrected chi connectivity index (χ4v) is 4.59. The topological polar surface area (TPSA) is 67.4 Å². The van der Waals surface area contributed by atoms with Crippen LogP contribution in [-0.4, -0.2) is 24.0 Å². The molecule has 7 heteroatoms. The summed E-state index contributed by atoms with van der Waals surface area (Å²) >= 11 is 6.96. The van der Waals surface area contributed by atoms with E-state index in [1.807, 2.05) is 0 Å². The van der Waals surface area contributed by atoms with Crippen molar-refractivity contribution in [1.29, 1.82) is 0 Å². The molecular weight excluding hydrogens is 368 g/mol. The van der Waals surface area contributed by atoms with Gasteiger partial charge in [0.2, 0.25) is 0 Å². The number of thiophene rings is 1. The molecule has 0 fully saturated rings. The van der Waals surface area contributed by atoms with E-state index < -0.39 is 0 Å². The number of Topliss-reactive ketones (excluding diaryl/α,β-unsaturated/α-hetero) is 1. The number of thiocarbonyl (C=S) groups is 1. The maximum Gasteiger partial charge on any atom is 0.341 e. The van der Waals surface area contributed by atoms with E-state index in [0.29, 0.717) is 16.2 Å². The first-order valence-corrected chi connectivity index (χ1v) is 9.64. The van der Waals surface area contributed by atoms with E-state index in [0.717, 1.165) is 41.9 Å². The van der Waals surface area contributed by atoms with E-state index in [-0.39, 0.29) is 11.8 Å². The zero-order valence-electron chi connectivity index (χ0n) is 14.7. The van der Waals surface area contributed by atoms with Crippen molar-refractivity contribution in [3.05, 3.63) is 45.8 Å². The van der Waals surface area contributed by atoms with Crippen LogP contribution in [0.5, 0.6) is 0 Å². The van der Waals surface area contributed by atoms with Gasteiger partial charge < -0.3 is 15.4 Å². The molecule has 1 aromatic carbocycles. The average molecular weight is 389 g/mol. The predicted molar refractivity (Wildman–Crippen MR) is 109 cm³/mol. The lowest BCUT2D eigenvalue weighted by Crippen LogP contribution is -2.20. The molecule has 3 rings (SSSR count). The third-order valence-corrected chi connectivity index (χ3v) is 5.75. The Morgan fingerprint density at radius 2 is 1.81 bits per heavy atom. The fraction of sp³-hybridized carbons (Fsp3) is 0.316. The molecule has 0 unspecified atom stereocenters. The van der Waals surface area contributed by atoms with Gasteiger partial charge in [-0.3, -0.25) is 4.79 Å². The van der Waals surface area contributed by atoms with E-state index in [2.05, 4.69) is 10.6 Å². The van der Waals surface area contributed by atoms with E-state index in [1.165, 1.54) is 18.9 Å². The Hall–Kier alpha value is -2.25. The second-order valence-electron chi connectivity index (χ2n) is 6.12. The molecule has 1 aromatic heterocycles. The quantitative estimate of drug-likeness (QED) is 0.459. The monoisotopic (exact) mass is 388 g/mol. The van der Waals surface area contributed by atoms with Crippen molar-refractivity contribution >= 4 is 51.1 Å². The van der Waals surface area contributed by atoms with E-state index >= 15 is 0 Å². The van der Waals surface area contributed by atoms with Gasteiger partial charge >= 0.3 is 5.97 Å². The summed E-state index contributed by atoms with van der Waals surface area (Å²) in [6.45, 7) is 1.53. The third-order valence-electron chi connectivity index (χ3n) is 4.34. The molecule has 0 amide bonds. The number of fused-ring (bicyclic) bond motifs is 1. The first-order chi connectivity index (χ1) is 12.5. The minimum Gasteiger partial charge on any atom is -0.465 e. The number of hydrogen-bond acceptors (Lipinski definition) is 5. The summed E-state index contributed by atoms with van der Waals surface area (Å²) in [6.07, 6.45) is 4.10. The van der Waals surface area contributed by atoms with Crippen molar-refractivity contribution in [3.63, 3.8) is 0 Å². The Bertz CT molecular complexity index is 856. The van der Waals surface area contributed by atoms with Crippen LogP contribution in [0.25, 0.3) is 0 Å². The summed E-state index contributed by atoms with van der Waals surface area (Å²) in [7, 11) is 1.39. The van der Waals surface area contributed by atoms with Crippen LogP contribution in [0.4, 0.5) is 10.7 Å². The van der Waals surface area contributed by atoms with Gasteiger partial charge in [-0.2, -0.15) is 0 Å². The van der Waals surface area contributed by atoms with E-state index in [1.54, 1.807) is 35.6 Å². The standard InChI is InChI=1S/C19H20N2O3S2/c1-11(22)12-7-9-13(10-8-12)20-19(25)21-17-16(18(23)24-2)14-5-3-4-6-15(14)26-17/h7-10H,3-6H2,1-2H3,(H2,20,21,25). The van der Waals surface area contributed by atoms with Crippen molar-refractivity contribution < 1.29 is 14.3 Å². The number of esters is 1. The predicted octanol–water partition coefficient (Wildman–Crippen LogP) is 4.43. The van der Waals surface area contributed by atoms with Crippen LogP contribution in [0, 0.1) is 0 Å². The van der Waals surface area contributed by atoms with Crippen LogP contribution in [0.1, 0.15) is 50.9 Å². The van der Waals surface area contributed by atoms with Gasteiger partial charge in [0.1, 0.15) is 5.00 Å². The van der Waals surface area contributed by atoms with Gasteiger partial charge in [-0.05, 0) is 74.7 Å². The van der Waals surface area contributed by atoms with E-state index in [9.17, 15) is 9.59 Å². The highest BCUT2D eigenvalue weighted by Crippen LogP contribution is 2.38. The Labute approximate surface area is 161 Å². The van der Waals surface area contributed by atoms with Crippen LogP contribution in [0.15, 0.2) is 24.3 Å². The number of anilines is 2. The lowest BCUT2D eigenvalue weighted by atomic mass is 9.95. The molecule has 2 aromatic rings. The molecule has 1 aliphatic rings. The molecule has 5 nitrogen and oxygen atoms in total. The number of benzene rings is 1. The molecule has 26 heavy (non-hydrogen) atoms. The number of carbonyl (C=O) groups excluding carboxylic acids is 2. The Morgan fingerprint density at radius 3 is 2.46 bits per heavy atom. The van der Waals surface area contributed by atoms with Crippen LogP contribution >= 0.6 is 23.6 Å². The largest absolute Gasteiger partial charge is 0.465 e. The second-order valence-corrected chi connectivity index (χ2v) is 7.63. The molecule has 136 valence electrons. The highest BCUT2D eigenvalue weighted by molar-refractivity contribution is 7.80. The van der Waals surface area contributed by atoms with Gasteiger partial charge in [-0.15, -0.1) is 11.3 Å². The number of ketones is 1. The number of methoxy groups -OCH3 is 1. The SMILES string of the molecule is COC(=O)c1c(NC(=S)Nc2ccc(C(C)=O)cc2)sc2c1CCCC2. The minimum atomic E-state index is -0.333. The Kier molecular flexibility index (Phi) is 5.68. The highest BCUT2D eigenvalue weighted by Gasteiger charge is 2.26. The molecule has 0 atom stereocenters. The van der Waals surface area contributed by atoms with Crippen LogP contribution < -0.4 is 10.6 Å². The highest BCUT2D eigenvalue weighted by atomic mass is 32.1. The van der Waals surface area contributed by atoms with Gasteiger partial charge in [0.05, 0.1) is 12.7 Å². The number of hydrogen-bond donors (Lipinski definition) is 2. The summed E-state index contributed by atoms with van der Waals surface area (Å²) in [5, 5.41) is 7.34. The second kappa shape index (κ2) is 7.97. The molecule has 1 aliphatic carbocycles. The molecule has 0 saturated heterocycles. The lowest BCUT2D eigenvalue weighted by molar-refractivity contribution is 0.0601. The summed E-state index contributed by atoms with van der Waals surface area (Å²) < 4.78 is 4.97. The van der Waals surface area contributed by atoms with Gasteiger partial charge in [-0.25, -0.2) is 4.79 Å². The van der Waals surface area contributed by atoms with Crippen molar-refractivity contribution in [1.82, 2.24) is 0 Å². The van der Waals surface area contributed by atoms with Crippen LogP contribution in [0.2, 0.25) is 0 Å². The smallest absolute Gasteiger partial charge is 0.341 e. The van der Waals surface area contributed by atoms with Gasteiger partial charge in [0, 0.05) is 16.1 Å². The number of aryl methyl sites for hydroxylation is 1. The van der Waals surface area contributed by atoms with Crippen molar-refractivity contribution in [2.45, 2.75) is 32.6 Å². The van der Waals surface area contributed by atoms with Gasteiger partial charge in [0.25, 0.3) is 0 Å². The molecule has 0 saturated carbocycles. The van der Waals surface area contributed by atoms with Crippen molar-refractivity contribution in [2.75, 3.05) is 17.7 Å². The van der Waals surface area contributed by atoms with Crippen LogP contribution in [-0.2, 0) is 17.6 Å². The Morgan fingerprint density at radius 1 is 1.12 bits per heavy atom.